The van der Waals surface area contributed by atoms with E-state index in [1.165, 1.54) is 10.8 Å². The minimum atomic E-state index is 0.900. The molecule has 7 aromatic carbocycles. The lowest BCUT2D eigenvalue weighted by Gasteiger charge is -2.09. The highest BCUT2D eigenvalue weighted by atomic mass is 15.2. The molecule has 0 aliphatic carbocycles. The van der Waals surface area contributed by atoms with E-state index >= 15 is 0 Å². The molecule has 0 fully saturated rings. The fourth-order valence-corrected chi connectivity index (χ4v) is 8.34. The van der Waals surface area contributed by atoms with Gasteiger partial charge in [-0.1, -0.05) is 66.7 Å². The third kappa shape index (κ3) is 3.51. The predicted molar refractivity (Wildman–Crippen MR) is 207 cm³/mol. The van der Waals surface area contributed by atoms with E-state index < -0.39 is 0 Å². The van der Waals surface area contributed by atoms with Crippen molar-refractivity contribution in [1.82, 2.24) is 32.5 Å². The van der Waals surface area contributed by atoms with Crippen molar-refractivity contribution in [3.05, 3.63) is 164 Å². The quantitative estimate of drug-likeness (QED) is 0.191. The van der Waals surface area contributed by atoms with E-state index in [0.717, 1.165) is 83.8 Å². The first-order valence-electron chi connectivity index (χ1n) is 17.2. The fourth-order valence-electron chi connectivity index (χ4n) is 8.34. The molecule has 0 aliphatic rings. The zero-order valence-electron chi connectivity index (χ0n) is 27.2. The number of aromatic nitrogens is 7. The number of benzene rings is 7. The highest BCUT2D eigenvalue weighted by Gasteiger charge is 2.21. The van der Waals surface area contributed by atoms with E-state index in [-0.39, 0.29) is 0 Å². The molecule has 0 saturated carbocycles. The zero-order valence-corrected chi connectivity index (χ0v) is 27.2. The molecule has 0 N–H and O–H groups in total. The molecule has 0 unspecified atom stereocenters. The number of fused-ring (bicyclic) bond motifs is 13. The first kappa shape index (κ1) is 26.8. The van der Waals surface area contributed by atoms with Crippen molar-refractivity contribution in [1.29, 1.82) is 0 Å². The summed E-state index contributed by atoms with van der Waals surface area (Å²) in [6, 6.07) is 58.2. The summed E-state index contributed by atoms with van der Waals surface area (Å²) in [6.45, 7) is 0. The summed E-state index contributed by atoms with van der Waals surface area (Å²) in [4.78, 5) is 10.3. The van der Waals surface area contributed by atoms with Gasteiger partial charge in [0.2, 0.25) is 11.6 Å². The standard InChI is InChI=1S/C44H27N7/c1-2-12-28(13-3-1)47-35-24-22-29(48-39-18-8-10-20-41(39)50-37-16-6-4-14-33(37)45-43(48)50)26-31(35)32-27-30(23-25-36(32)47)49-40-19-9-11-21-42(40)51-38-17-7-5-15-34(38)46-44(49)51/h1-27H. The summed E-state index contributed by atoms with van der Waals surface area (Å²) >= 11 is 0. The highest BCUT2D eigenvalue weighted by molar-refractivity contribution is 6.11. The maximum Gasteiger partial charge on any atom is 0.220 e. The number of nitrogens with zero attached hydrogens (tertiary/aromatic N) is 7. The third-order valence-electron chi connectivity index (χ3n) is 10.5. The van der Waals surface area contributed by atoms with E-state index in [0.29, 0.717) is 0 Å². The van der Waals surface area contributed by atoms with Crippen LogP contribution in [0.3, 0.4) is 0 Å². The highest BCUT2D eigenvalue weighted by Crippen LogP contribution is 2.38. The van der Waals surface area contributed by atoms with Gasteiger partial charge in [-0.25, -0.2) is 9.97 Å². The zero-order chi connectivity index (χ0) is 33.2. The van der Waals surface area contributed by atoms with Crippen LogP contribution < -0.4 is 0 Å². The number of imidazole rings is 4. The van der Waals surface area contributed by atoms with Gasteiger partial charge in [0, 0.05) is 27.8 Å². The van der Waals surface area contributed by atoms with Crippen LogP contribution in [-0.4, -0.2) is 32.5 Å². The third-order valence-corrected chi connectivity index (χ3v) is 10.5. The Hall–Kier alpha value is -7.12. The van der Waals surface area contributed by atoms with E-state index in [2.05, 4.69) is 186 Å². The lowest BCUT2D eigenvalue weighted by Crippen LogP contribution is -1.96. The first-order valence-corrected chi connectivity index (χ1v) is 17.2. The van der Waals surface area contributed by atoms with Crippen molar-refractivity contribution >= 4 is 77.5 Å². The molecular formula is C44H27N7. The molecule has 5 aromatic heterocycles. The van der Waals surface area contributed by atoms with Gasteiger partial charge in [0.25, 0.3) is 0 Å². The van der Waals surface area contributed by atoms with Crippen LogP contribution in [0.5, 0.6) is 0 Å². The van der Waals surface area contributed by atoms with Crippen LogP contribution >= 0.6 is 0 Å². The average molecular weight is 654 g/mol. The Morgan fingerprint density at radius 2 is 0.706 bits per heavy atom. The molecular weight excluding hydrogens is 627 g/mol. The van der Waals surface area contributed by atoms with Crippen LogP contribution in [0.1, 0.15) is 0 Å². The molecule has 0 spiro atoms. The Bertz CT molecular complexity index is 3160. The topological polar surface area (TPSA) is 49.4 Å². The number of rotatable bonds is 3. The van der Waals surface area contributed by atoms with Crippen molar-refractivity contribution in [3.63, 3.8) is 0 Å². The van der Waals surface area contributed by atoms with Gasteiger partial charge in [0.15, 0.2) is 0 Å². The fraction of sp³-hybridized carbons (Fsp3) is 0. The minimum Gasteiger partial charge on any atom is -0.309 e. The van der Waals surface area contributed by atoms with Crippen LogP contribution in [0.25, 0.3) is 94.6 Å². The van der Waals surface area contributed by atoms with E-state index in [1.807, 2.05) is 0 Å². The molecule has 238 valence electrons. The maximum absolute atomic E-state index is 5.16. The summed E-state index contributed by atoms with van der Waals surface area (Å²) in [7, 11) is 0. The molecule has 12 aromatic rings. The summed E-state index contributed by atoms with van der Waals surface area (Å²) < 4.78 is 11.5. The molecule has 51 heavy (non-hydrogen) atoms. The van der Waals surface area contributed by atoms with Gasteiger partial charge in [-0.05, 0) is 97.1 Å². The summed E-state index contributed by atoms with van der Waals surface area (Å²) in [6.07, 6.45) is 0. The molecule has 12 rings (SSSR count). The molecule has 0 amide bonds. The van der Waals surface area contributed by atoms with Crippen molar-refractivity contribution in [3.8, 4) is 17.1 Å². The van der Waals surface area contributed by atoms with Crippen LogP contribution in [0.15, 0.2) is 164 Å². The number of hydrogen-bond donors (Lipinski definition) is 0. The van der Waals surface area contributed by atoms with Crippen molar-refractivity contribution in [2.24, 2.45) is 0 Å². The predicted octanol–water partition coefficient (Wildman–Crippen LogP) is 10.3. The van der Waals surface area contributed by atoms with E-state index in [9.17, 15) is 0 Å². The molecule has 0 bridgehead atoms. The lowest BCUT2D eigenvalue weighted by molar-refractivity contribution is 1.11. The summed E-state index contributed by atoms with van der Waals surface area (Å²) in [5.41, 5.74) is 14.2. The molecule has 0 radical (unpaired) electrons. The van der Waals surface area contributed by atoms with E-state index in [1.54, 1.807) is 0 Å². The van der Waals surface area contributed by atoms with Crippen LogP contribution in [0.2, 0.25) is 0 Å². The second-order valence-corrected chi connectivity index (χ2v) is 13.2. The Morgan fingerprint density at radius 3 is 1.20 bits per heavy atom. The number of hydrogen-bond acceptors (Lipinski definition) is 2. The van der Waals surface area contributed by atoms with Crippen LogP contribution in [0, 0.1) is 0 Å². The molecule has 0 saturated heterocycles. The van der Waals surface area contributed by atoms with Gasteiger partial charge < -0.3 is 4.57 Å². The van der Waals surface area contributed by atoms with E-state index in [4.69, 9.17) is 9.97 Å². The molecule has 7 nitrogen and oxygen atoms in total. The normalized spacial score (nSPS) is 12.3. The summed E-state index contributed by atoms with van der Waals surface area (Å²) in [5.74, 6) is 1.80. The van der Waals surface area contributed by atoms with Crippen molar-refractivity contribution in [2.45, 2.75) is 0 Å². The largest absolute Gasteiger partial charge is 0.309 e. The molecule has 7 heteroatoms. The van der Waals surface area contributed by atoms with Crippen molar-refractivity contribution in [2.75, 3.05) is 0 Å². The number of para-hydroxylation sites is 9. The Kier molecular flexibility index (Phi) is 5.12. The second-order valence-electron chi connectivity index (χ2n) is 13.2. The molecule has 5 heterocycles. The maximum atomic E-state index is 5.16. The Balaban J connectivity index is 1.18. The Labute approximate surface area is 290 Å². The van der Waals surface area contributed by atoms with Crippen molar-refractivity contribution < 1.29 is 0 Å². The first-order chi connectivity index (χ1) is 25.3. The van der Waals surface area contributed by atoms with Gasteiger partial charge in [0.05, 0.1) is 55.2 Å². The van der Waals surface area contributed by atoms with Gasteiger partial charge in [-0.15, -0.1) is 0 Å². The van der Waals surface area contributed by atoms with Crippen LogP contribution in [-0.2, 0) is 0 Å². The Morgan fingerprint density at radius 1 is 0.294 bits per heavy atom. The van der Waals surface area contributed by atoms with Gasteiger partial charge >= 0.3 is 0 Å². The SMILES string of the molecule is c1ccc(-n2c3ccc(-n4c5ccccc5n5c6ccccc6nc45)cc3c3cc(-n4c5ccccc5n5c6ccccc6nc45)ccc32)cc1. The smallest absolute Gasteiger partial charge is 0.220 e. The molecule has 0 atom stereocenters. The van der Waals surface area contributed by atoms with Gasteiger partial charge in [-0.2, -0.15) is 0 Å². The monoisotopic (exact) mass is 653 g/mol. The van der Waals surface area contributed by atoms with Gasteiger partial charge in [-0.3, -0.25) is 17.9 Å². The van der Waals surface area contributed by atoms with Gasteiger partial charge in [0.1, 0.15) is 0 Å². The average Bonchev–Trinajstić information content (AvgIpc) is 3.97. The lowest BCUT2D eigenvalue weighted by atomic mass is 10.1. The van der Waals surface area contributed by atoms with Crippen LogP contribution in [0.4, 0.5) is 0 Å². The molecule has 0 aliphatic heterocycles. The minimum absolute atomic E-state index is 0.900. The second kappa shape index (κ2) is 9.74. The summed E-state index contributed by atoms with van der Waals surface area (Å²) in [5, 5.41) is 2.34.